The predicted octanol–water partition coefficient (Wildman–Crippen LogP) is 0.862. The van der Waals surface area contributed by atoms with Crippen LogP contribution in [-0.4, -0.2) is 36.6 Å². The van der Waals surface area contributed by atoms with Crippen molar-refractivity contribution < 1.29 is 9.59 Å². The Hall–Kier alpha value is -1.30. The maximum Gasteiger partial charge on any atom is 0.315 e. The third kappa shape index (κ3) is 4.88. The summed E-state index contributed by atoms with van der Waals surface area (Å²) >= 11 is 0. The first kappa shape index (κ1) is 16.1. The number of carbonyl (C=O) groups is 2. The van der Waals surface area contributed by atoms with E-state index in [0.29, 0.717) is 12.5 Å². The second kappa shape index (κ2) is 7.11. The standard InChI is InChI=1S/C15H28N4O2/c1-15(10-16,11-7-8-11)19-13(20)9-17-14(21)18-12-5-3-2-4-6-12/h11-12H,2-10,16H2,1H3,(H,19,20)(H2,17,18,21). The van der Waals surface area contributed by atoms with Gasteiger partial charge in [0.1, 0.15) is 0 Å². The monoisotopic (exact) mass is 296 g/mol. The number of rotatable bonds is 6. The first-order chi connectivity index (χ1) is 10.0. The number of urea groups is 1. The van der Waals surface area contributed by atoms with E-state index in [2.05, 4.69) is 16.0 Å². The Balaban J connectivity index is 1.66. The van der Waals surface area contributed by atoms with E-state index in [1.165, 1.54) is 19.3 Å². The van der Waals surface area contributed by atoms with E-state index in [9.17, 15) is 9.59 Å². The number of nitrogens with two attached hydrogens (primary N) is 1. The van der Waals surface area contributed by atoms with Crippen LogP contribution in [0.25, 0.3) is 0 Å². The maximum absolute atomic E-state index is 11.9. The highest BCUT2D eigenvalue weighted by molar-refractivity contribution is 5.84. The van der Waals surface area contributed by atoms with Gasteiger partial charge in [-0.25, -0.2) is 4.79 Å². The zero-order valence-electron chi connectivity index (χ0n) is 12.9. The van der Waals surface area contributed by atoms with Crippen molar-refractivity contribution in [1.82, 2.24) is 16.0 Å². The Kier molecular flexibility index (Phi) is 5.45. The summed E-state index contributed by atoms with van der Waals surface area (Å²) < 4.78 is 0. The van der Waals surface area contributed by atoms with Crippen LogP contribution in [0.4, 0.5) is 4.79 Å². The molecule has 0 saturated heterocycles. The lowest BCUT2D eigenvalue weighted by Crippen LogP contribution is -2.56. The van der Waals surface area contributed by atoms with E-state index < -0.39 is 0 Å². The van der Waals surface area contributed by atoms with Crippen molar-refractivity contribution in [3.05, 3.63) is 0 Å². The Morgan fingerprint density at radius 2 is 1.81 bits per heavy atom. The zero-order valence-corrected chi connectivity index (χ0v) is 12.9. The summed E-state index contributed by atoms with van der Waals surface area (Å²) in [6, 6.07) is 0.000469. The number of nitrogens with one attached hydrogen (secondary N) is 3. The maximum atomic E-state index is 11.9. The molecule has 1 unspecified atom stereocenters. The average molecular weight is 296 g/mol. The molecule has 2 aliphatic carbocycles. The molecule has 2 rings (SSSR count). The van der Waals surface area contributed by atoms with Gasteiger partial charge in [0, 0.05) is 12.6 Å². The largest absolute Gasteiger partial charge is 0.348 e. The molecule has 6 heteroatoms. The third-order valence-corrected chi connectivity index (χ3v) is 4.68. The average Bonchev–Trinajstić information content (AvgIpc) is 3.31. The first-order valence-electron chi connectivity index (χ1n) is 8.09. The third-order valence-electron chi connectivity index (χ3n) is 4.68. The predicted molar refractivity (Wildman–Crippen MR) is 81.7 cm³/mol. The molecule has 2 fully saturated rings. The molecule has 0 heterocycles. The van der Waals surface area contributed by atoms with Crippen LogP contribution in [-0.2, 0) is 4.79 Å². The van der Waals surface area contributed by atoms with Gasteiger partial charge in [-0.1, -0.05) is 19.3 Å². The van der Waals surface area contributed by atoms with Crippen molar-refractivity contribution in [2.24, 2.45) is 11.7 Å². The van der Waals surface area contributed by atoms with Gasteiger partial charge in [-0.05, 0) is 38.5 Å². The molecule has 1 atom stereocenters. The van der Waals surface area contributed by atoms with Gasteiger partial charge in [-0.15, -0.1) is 0 Å². The van der Waals surface area contributed by atoms with Gasteiger partial charge in [-0.3, -0.25) is 4.79 Å². The molecule has 0 aromatic heterocycles. The SMILES string of the molecule is CC(CN)(NC(=O)CNC(=O)NC1CCCCC1)C1CC1. The quantitative estimate of drug-likeness (QED) is 0.585. The lowest BCUT2D eigenvalue weighted by molar-refractivity contribution is -0.122. The molecule has 6 nitrogen and oxygen atoms in total. The van der Waals surface area contributed by atoms with Gasteiger partial charge < -0.3 is 21.7 Å². The number of hydrogen-bond donors (Lipinski definition) is 4. The van der Waals surface area contributed by atoms with Crippen LogP contribution in [0.5, 0.6) is 0 Å². The fraction of sp³-hybridized carbons (Fsp3) is 0.867. The minimum absolute atomic E-state index is 0.000856. The van der Waals surface area contributed by atoms with Gasteiger partial charge >= 0.3 is 6.03 Å². The zero-order chi connectivity index (χ0) is 15.3. The summed E-state index contributed by atoms with van der Waals surface area (Å²) in [6.45, 7) is 2.41. The smallest absolute Gasteiger partial charge is 0.315 e. The number of carbonyl (C=O) groups excluding carboxylic acids is 2. The molecule has 0 aliphatic heterocycles. The Labute approximate surface area is 126 Å². The van der Waals surface area contributed by atoms with Crippen LogP contribution >= 0.6 is 0 Å². The second-order valence-electron chi connectivity index (χ2n) is 6.61. The molecular weight excluding hydrogens is 268 g/mol. The summed E-state index contributed by atoms with van der Waals surface area (Å²) in [7, 11) is 0. The van der Waals surface area contributed by atoms with Crippen LogP contribution in [0.3, 0.4) is 0 Å². The molecule has 0 aromatic rings. The van der Waals surface area contributed by atoms with E-state index >= 15 is 0 Å². The molecule has 21 heavy (non-hydrogen) atoms. The summed E-state index contributed by atoms with van der Waals surface area (Å²) in [4.78, 5) is 23.7. The highest BCUT2D eigenvalue weighted by Gasteiger charge is 2.41. The summed E-state index contributed by atoms with van der Waals surface area (Å²) in [5.74, 6) is 0.302. The van der Waals surface area contributed by atoms with E-state index in [-0.39, 0.29) is 30.1 Å². The molecule has 120 valence electrons. The minimum Gasteiger partial charge on any atom is -0.348 e. The Bertz CT molecular complexity index is 378. The molecule has 3 amide bonds. The molecular formula is C15H28N4O2. The second-order valence-corrected chi connectivity index (χ2v) is 6.61. The van der Waals surface area contributed by atoms with Crippen molar-refractivity contribution in [3.8, 4) is 0 Å². The van der Waals surface area contributed by atoms with E-state index in [4.69, 9.17) is 5.73 Å². The fourth-order valence-corrected chi connectivity index (χ4v) is 3.05. The van der Waals surface area contributed by atoms with Crippen molar-refractivity contribution in [3.63, 3.8) is 0 Å². The van der Waals surface area contributed by atoms with Crippen LogP contribution in [0.15, 0.2) is 0 Å². The minimum atomic E-state index is -0.335. The van der Waals surface area contributed by atoms with E-state index in [0.717, 1.165) is 25.7 Å². The van der Waals surface area contributed by atoms with Crippen LogP contribution in [0, 0.1) is 5.92 Å². The van der Waals surface area contributed by atoms with Gasteiger partial charge in [0.05, 0.1) is 12.1 Å². The van der Waals surface area contributed by atoms with E-state index in [1.807, 2.05) is 6.92 Å². The summed E-state index contributed by atoms with van der Waals surface area (Å²) in [5.41, 5.74) is 5.43. The van der Waals surface area contributed by atoms with Gasteiger partial charge in [0.2, 0.25) is 5.91 Å². The highest BCUT2D eigenvalue weighted by atomic mass is 16.2. The lowest BCUT2D eigenvalue weighted by Gasteiger charge is -2.29. The number of amides is 3. The Morgan fingerprint density at radius 1 is 1.14 bits per heavy atom. The van der Waals surface area contributed by atoms with Crippen LogP contribution in [0.1, 0.15) is 51.9 Å². The number of hydrogen-bond acceptors (Lipinski definition) is 3. The first-order valence-corrected chi connectivity index (χ1v) is 8.09. The van der Waals surface area contributed by atoms with Crippen LogP contribution < -0.4 is 21.7 Å². The molecule has 2 saturated carbocycles. The molecule has 0 bridgehead atoms. The van der Waals surface area contributed by atoms with E-state index in [1.54, 1.807) is 0 Å². The van der Waals surface area contributed by atoms with Crippen molar-refractivity contribution >= 4 is 11.9 Å². The van der Waals surface area contributed by atoms with Crippen molar-refractivity contribution in [2.75, 3.05) is 13.1 Å². The molecule has 2 aliphatic rings. The van der Waals surface area contributed by atoms with Gasteiger partial charge in [0.15, 0.2) is 0 Å². The van der Waals surface area contributed by atoms with Crippen molar-refractivity contribution in [1.29, 1.82) is 0 Å². The normalized spacial score (nSPS) is 22.2. The lowest BCUT2D eigenvalue weighted by atomic mass is 9.96. The molecule has 0 radical (unpaired) electrons. The summed E-state index contributed by atoms with van der Waals surface area (Å²) in [6.07, 6.45) is 7.89. The Morgan fingerprint density at radius 3 is 2.38 bits per heavy atom. The summed E-state index contributed by atoms with van der Waals surface area (Å²) in [5, 5.41) is 8.52. The molecule has 0 aromatic carbocycles. The fourth-order valence-electron chi connectivity index (χ4n) is 3.05. The molecule has 5 N–H and O–H groups in total. The highest BCUT2D eigenvalue weighted by Crippen LogP contribution is 2.38. The van der Waals surface area contributed by atoms with Gasteiger partial charge in [0.25, 0.3) is 0 Å². The topological polar surface area (TPSA) is 96.2 Å². The molecule has 0 spiro atoms. The van der Waals surface area contributed by atoms with Crippen LogP contribution in [0.2, 0.25) is 0 Å². The van der Waals surface area contributed by atoms with Crippen molar-refractivity contribution in [2.45, 2.75) is 63.5 Å². The van der Waals surface area contributed by atoms with Gasteiger partial charge in [-0.2, -0.15) is 0 Å².